The van der Waals surface area contributed by atoms with Crippen molar-refractivity contribution in [2.45, 2.75) is 25.9 Å². The van der Waals surface area contributed by atoms with Crippen molar-refractivity contribution >= 4 is 23.1 Å². The summed E-state index contributed by atoms with van der Waals surface area (Å²) in [6, 6.07) is 1.43. The van der Waals surface area contributed by atoms with E-state index in [-0.39, 0.29) is 6.54 Å². The quantitative estimate of drug-likeness (QED) is 0.789. The van der Waals surface area contributed by atoms with E-state index in [1.165, 1.54) is 11.3 Å². The third-order valence-corrected chi connectivity index (χ3v) is 3.70. The first-order valence-electron chi connectivity index (χ1n) is 6.62. The van der Waals surface area contributed by atoms with Crippen molar-refractivity contribution in [3.05, 3.63) is 40.6 Å². The van der Waals surface area contributed by atoms with Crippen LogP contribution in [0.3, 0.4) is 0 Å². The molecule has 2 aromatic rings. The lowest BCUT2D eigenvalue weighted by molar-refractivity contribution is 0.0604. The van der Waals surface area contributed by atoms with Gasteiger partial charge < -0.3 is 15.7 Å². The first-order chi connectivity index (χ1) is 10.0. The van der Waals surface area contributed by atoms with Gasteiger partial charge in [-0.25, -0.2) is 14.8 Å². The Kier molecular flexibility index (Phi) is 4.87. The number of thiophene rings is 1. The molecule has 6 nitrogen and oxygen atoms in total. The lowest BCUT2D eigenvalue weighted by atomic mass is 9.99. The molecule has 0 aliphatic heterocycles. The highest BCUT2D eigenvalue weighted by Gasteiger charge is 2.24. The van der Waals surface area contributed by atoms with Gasteiger partial charge in [0.1, 0.15) is 11.4 Å². The molecule has 0 saturated carbocycles. The summed E-state index contributed by atoms with van der Waals surface area (Å²) in [4.78, 5) is 20.0. The molecule has 0 aromatic carbocycles. The zero-order valence-corrected chi connectivity index (χ0v) is 12.8. The number of hydrogen-bond donors (Lipinski definition) is 3. The number of nitrogens with zero attached hydrogens (tertiary/aromatic N) is 2. The molecule has 112 valence electrons. The molecule has 7 heteroatoms. The number of carbonyl (C=O) groups is 1. The highest BCUT2D eigenvalue weighted by atomic mass is 32.1. The van der Waals surface area contributed by atoms with Crippen LogP contribution in [0.15, 0.2) is 29.2 Å². The highest BCUT2D eigenvalue weighted by molar-refractivity contribution is 7.08. The lowest BCUT2D eigenvalue weighted by Gasteiger charge is -2.22. The zero-order chi connectivity index (χ0) is 15.3. The largest absolute Gasteiger partial charge is 0.384 e. The molecule has 0 aliphatic carbocycles. The molecule has 0 fully saturated rings. The van der Waals surface area contributed by atoms with Crippen LogP contribution < -0.4 is 10.6 Å². The van der Waals surface area contributed by atoms with Crippen LogP contribution >= 0.6 is 11.3 Å². The van der Waals surface area contributed by atoms with E-state index in [9.17, 15) is 9.90 Å². The summed E-state index contributed by atoms with van der Waals surface area (Å²) in [5.74, 6) is 0.723. The fourth-order valence-corrected chi connectivity index (χ4v) is 2.49. The van der Waals surface area contributed by atoms with E-state index in [0.29, 0.717) is 5.69 Å². The van der Waals surface area contributed by atoms with Crippen LogP contribution in [0.5, 0.6) is 0 Å². The van der Waals surface area contributed by atoms with E-state index in [4.69, 9.17) is 0 Å². The minimum atomic E-state index is -1.10. The fourth-order valence-electron chi connectivity index (χ4n) is 1.70. The standard InChI is InChI=1S/C14H18N4O2S/c1-3-12-15-6-11(7-16-12)18-13(19)17-9-14(2,20)10-4-5-21-8-10/h4-8,20H,3,9H2,1-2H3,(H2,17,18,19). The van der Waals surface area contributed by atoms with E-state index in [1.54, 1.807) is 19.3 Å². The van der Waals surface area contributed by atoms with Gasteiger partial charge in [0, 0.05) is 6.42 Å². The lowest BCUT2D eigenvalue weighted by Crippen LogP contribution is -2.40. The van der Waals surface area contributed by atoms with Crippen molar-refractivity contribution in [2.24, 2.45) is 0 Å². The number of hydrogen-bond acceptors (Lipinski definition) is 5. The minimum absolute atomic E-state index is 0.115. The monoisotopic (exact) mass is 306 g/mol. The smallest absolute Gasteiger partial charge is 0.319 e. The summed E-state index contributed by atoms with van der Waals surface area (Å²) < 4.78 is 0. The predicted octanol–water partition coefficient (Wildman–Crippen LogP) is 2.13. The summed E-state index contributed by atoms with van der Waals surface area (Å²) >= 11 is 1.50. The van der Waals surface area contributed by atoms with Crippen LogP contribution in [-0.4, -0.2) is 27.7 Å². The molecule has 0 spiro atoms. The molecule has 2 amide bonds. The summed E-state index contributed by atoms with van der Waals surface area (Å²) in [5, 5.41) is 19.3. The maximum absolute atomic E-state index is 11.8. The molecule has 21 heavy (non-hydrogen) atoms. The van der Waals surface area contributed by atoms with Crippen LogP contribution in [0.4, 0.5) is 10.5 Å². The van der Waals surface area contributed by atoms with Gasteiger partial charge in [0.15, 0.2) is 0 Å². The molecule has 2 aromatic heterocycles. The second kappa shape index (κ2) is 6.64. The molecule has 2 heterocycles. The number of aryl methyl sites for hydroxylation is 1. The van der Waals surface area contributed by atoms with Gasteiger partial charge in [0.2, 0.25) is 0 Å². The molecular formula is C14H18N4O2S. The molecule has 1 atom stereocenters. The second-order valence-electron chi connectivity index (χ2n) is 4.84. The van der Waals surface area contributed by atoms with Crippen LogP contribution in [0.2, 0.25) is 0 Å². The van der Waals surface area contributed by atoms with Gasteiger partial charge >= 0.3 is 6.03 Å². The molecule has 1 unspecified atom stereocenters. The zero-order valence-electron chi connectivity index (χ0n) is 12.0. The van der Waals surface area contributed by atoms with E-state index in [2.05, 4.69) is 20.6 Å². The van der Waals surface area contributed by atoms with Crippen LogP contribution in [0.25, 0.3) is 0 Å². The molecular weight excluding hydrogens is 288 g/mol. The average molecular weight is 306 g/mol. The maximum Gasteiger partial charge on any atom is 0.319 e. The SMILES string of the molecule is CCc1ncc(NC(=O)NCC(C)(O)c2ccsc2)cn1. The van der Waals surface area contributed by atoms with Gasteiger partial charge in [0.05, 0.1) is 24.6 Å². The van der Waals surface area contributed by atoms with Gasteiger partial charge in [-0.3, -0.25) is 0 Å². The molecule has 2 rings (SSSR count). The van der Waals surface area contributed by atoms with Gasteiger partial charge in [0.25, 0.3) is 0 Å². The topological polar surface area (TPSA) is 87.1 Å². The number of aromatic nitrogens is 2. The van der Waals surface area contributed by atoms with Crippen molar-refractivity contribution in [3.8, 4) is 0 Å². The Morgan fingerprint density at radius 1 is 1.43 bits per heavy atom. The molecule has 0 radical (unpaired) electrons. The van der Waals surface area contributed by atoms with Gasteiger partial charge in [-0.2, -0.15) is 11.3 Å². The van der Waals surface area contributed by atoms with Crippen LogP contribution in [0.1, 0.15) is 25.2 Å². The van der Waals surface area contributed by atoms with E-state index >= 15 is 0 Å². The summed E-state index contributed by atoms with van der Waals surface area (Å²) in [6.07, 6.45) is 3.86. The third kappa shape index (κ3) is 4.24. The fraction of sp³-hybridized carbons (Fsp3) is 0.357. The van der Waals surface area contributed by atoms with Crippen LogP contribution in [-0.2, 0) is 12.0 Å². The predicted molar refractivity (Wildman–Crippen MR) is 82.3 cm³/mol. The first-order valence-corrected chi connectivity index (χ1v) is 7.56. The van der Waals surface area contributed by atoms with Gasteiger partial charge in [-0.1, -0.05) is 6.92 Å². The van der Waals surface area contributed by atoms with Crippen molar-refractivity contribution in [1.82, 2.24) is 15.3 Å². The Hall–Kier alpha value is -1.99. The Morgan fingerprint density at radius 2 is 2.14 bits per heavy atom. The Balaban J connectivity index is 1.87. The highest BCUT2D eigenvalue weighted by Crippen LogP contribution is 2.21. The normalized spacial score (nSPS) is 13.5. The van der Waals surface area contributed by atoms with Crippen molar-refractivity contribution < 1.29 is 9.90 Å². The van der Waals surface area contributed by atoms with Gasteiger partial charge in [-0.15, -0.1) is 0 Å². The number of aliphatic hydroxyl groups is 1. The van der Waals surface area contributed by atoms with Crippen molar-refractivity contribution in [3.63, 3.8) is 0 Å². The third-order valence-electron chi connectivity index (χ3n) is 3.02. The number of amides is 2. The number of carbonyl (C=O) groups excluding carboxylic acids is 1. The number of rotatable bonds is 5. The first kappa shape index (κ1) is 15.4. The summed E-state index contributed by atoms with van der Waals surface area (Å²) in [5.41, 5.74) is 0.197. The van der Waals surface area contributed by atoms with E-state index < -0.39 is 11.6 Å². The number of nitrogens with one attached hydrogen (secondary N) is 2. The maximum atomic E-state index is 11.8. The summed E-state index contributed by atoms with van der Waals surface area (Å²) in [6.45, 7) is 3.74. The Bertz CT molecular complexity index is 582. The Labute approximate surface area is 127 Å². The van der Waals surface area contributed by atoms with Crippen molar-refractivity contribution in [2.75, 3.05) is 11.9 Å². The minimum Gasteiger partial charge on any atom is -0.384 e. The Morgan fingerprint density at radius 3 is 2.71 bits per heavy atom. The van der Waals surface area contributed by atoms with Crippen molar-refractivity contribution in [1.29, 1.82) is 0 Å². The van der Waals surface area contributed by atoms with E-state index in [1.807, 2.05) is 23.8 Å². The van der Waals surface area contributed by atoms with Crippen LogP contribution in [0, 0.1) is 0 Å². The van der Waals surface area contributed by atoms with Gasteiger partial charge in [-0.05, 0) is 29.3 Å². The molecule has 0 saturated heterocycles. The van der Waals surface area contributed by atoms with E-state index in [0.717, 1.165) is 17.8 Å². The molecule has 3 N–H and O–H groups in total. The number of urea groups is 1. The number of anilines is 1. The average Bonchev–Trinajstić information content (AvgIpc) is 3.01. The summed E-state index contributed by atoms with van der Waals surface area (Å²) in [7, 11) is 0. The molecule has 0 bridgehead atoms. The molecule has 0 aliphatic rings. The second-order valence-corrected chi connectivity index (χ2v) is 5.62.